The zero-order valence-electron chi connectivity index (χ0n) is 24.9. The number of hydrogen-bond acceptors (Lipinski definition) is 1. The lowest BCUT2D eigenvalue weighted by Gasteiger charge is -2.44. The highest BCUT2D eigenvalue weighted by Gasteiger charge is 2.51. The molecule has 0 amide bonds. The molecule has 0 heterocycles. The third-order valence-electron chi connectivity index (χ3n) is 6.41. The van der Waals surface area contributed by atoms with Gasteiger partial charge in [-0.1, -0.05) is 142 Å². The van der Waals surface area contributed by atoms with Gasteiger partial charge in [0.2, 0.25) is 0 Å². The molecule has 3 rings (SSSR count). The average molecular weight is 579 g/mol. The molecule has 40 heavy (non-hydrogen) atoms. The molecule has 4 heteroatoms. The molecule has 0 aliphatic carbocycles. The standard InChI is InChI=1S/C36H39ClOSi2/c1-35(2,3)40(31-15-11-9-12-16-31,32-17-13-10-14-18-32)34(33(37)25-27-36(4,5)38)24-23-29-19-21-30(22-20-29)26-28-39(6,7)8/h9-22,38H,1-8H3/b34-33+. The van der Waals surface area contributed by atoms with Crippen molar-refractivity contribution in [3.05, 3.63) is 106 Å². The number of aliphatic hydroxyl groups is 1. The average Bonchev–Trinajstić information content (AvgIpc) is 2.88. The van der Waals surface area contributed by atoms with Crippen LogP contribution in [0, 0.1) is 35.1 Å². The van der Waals surface area contributed by atoms with Crippen LogP contribution in [0.4, 0.5) is 0 Å². The molecule has 0 saturated carbocycles. The minimum absolute atomic E-state index is 0.216. The van der Waals surface area contributed by atoms with Crippen LogP contribution in [-0.4, -0.2) is 26.9 Å². The Morgan fingerprint density at radius 1 is 0.675 bits per heavy atom. The molecule has 0 unspecified atom stereocenters. The predicted octanol–water partition coefficient (Wildman–Crippen LogP) is 7.14. The number of rotatable bonds is 3. The lowest BCUT2D eigenvalue weighted by atomic mass is 10.1. The van der Waals surface area contributed by atoms with E-state index in [2.05, 4.69) is 124 Å². The molecule has 3 aromatic rings. The van der Waals surface area contributed by atoms with E-state index in [9.17, 15) is 5.11 Å². The molecule has 0 atom stereocenters. The van der Waals surface area contributed by atoms with Gasteiger partial charge in [-0.25, -0.2) is 0 Å². The van der Waals surface area contributed by atoms with Crippen LogP contribution in [0.15, 0.2) is 95.2 Å². The molecule has 1 nitrogen and oxygen atoms in total. The van der Waals surface area contributed by atoms with Gasteiger partial charge < -0.3 is 5.11 Å². The Bertz CT molecular complexity index is 1490. The van der Waals surface area contributed by atoms with Gasteiger partial charge in [-0.05, 0) is 53.5 Å². The van der Waals surface area contributed by atoms with Gasteiger partial charge in [0, 0.05) is 16.3 Å². The molecule has 3 aromatic carbocycles. The van der Waals surface area contributed by atoms with Gasteiger partial charge in [-0.15, -0.1) is 5.54 Å². The van der Waals surface area contributed by atoms with Crippen LogP contribution in [0.2, 0.25) is 24.7 Å². The van der Waals surface area contributed by atoms with Crippen molar-refractivity contribution in [1.82, 2.24) is 0 Å². The summed E-state index contributed by atoms with van der Waals surface area (Å²) in [7, 11) is -4.32. The van der Waals surface area contributed by atoms with E-state index in [-0.39, 0.29) is 5.04 Å². The second-order valence-electron chi connectivity index (χ2n) is 12.6. The van der Waals surface area contributed by atoms with E-state index >= 15 is 0 Å². The van der Waals surface area contributed by atoms with Crippen molar-refractivity contribution in [3.8, 4) is 35.1 Å². The highest BCUT2D eigenvalue weighted by atomic mass is 35.5. The number of halogens is 1. The Morgan fingerprint density at radius 2 is 1.12 bits per heavy atom. The number of hydrogen-bond donors (Lipinski definition) is 1. The second-order valence-corrected chi connectivity index (χ2v) is 22.3. The van der Waals surface area contributed by atoms with Gasteiger partial charge in [0.1, 0.15) is 13.7 Å². The Balaban J connectivity index is 2.35. The Morgan fingerprint density at radius 3 is 1.52 bits per heavy atom. The van der Waals surface area contributed by atoms with Crippen LogP contribution in [0.1, 0.15) is 45.7 Å². The molecule has 0 saturated heterocycles. The summed E-state index contributed by atoms with van der Waals surface area (Å²) < 4.78 is 0. The Kier molecular flexibility index (Phi) is 9.79. The van der Waals surface area contributed by atoms with Gasteiger partial charge in [0.15, 0.2) is 8.07 Å². The summed E-state index contributed by atoms with van der Waals surface area (Å²) in [6, 6.07) is 29.2. The van der Waals surface area contributed by atoms with Gasteiger partial charge in [-0.2, -0.15) is 0 Å². The number of allylic oxidation sites excluding steroid dienone is 2. The lowest BCUT2D eigenvalue weighted by Crippen LogP contribution is -2.66. The monoisotopic (exact) mass is 578 g/mol. The molecular formula is C36H39ClOSi2. The highest BCUT2D eigenvalue weighted by molar-refractivity contribution is 7.10. The molecule has 0 aliphatic rings. The smallest absolute Gasteiger partial charge is 0.166 e. The first-order valence-corrected chi connectivity index (χ1v) is 19.4. The summed E-state index contributed by atoms with van der Waals surface area (Å²) in [6.07, 6.45) is 0. The topological polar surface area (TPSA) is 20.2 Å². The first kappa shape index (κ1) is 31.3. The molecular weight excluding hydrogens is 540 g/mol. The fraction of sp³-hybridized carbons (Fsp3) is 0.278. The summed E-state index contributed by atoms with van der Waals surface area (Å²) in [5, 5.41) is 13.8. The maximum atomic E-state index is 10.4. The summed E-state index contributed by atoms with van der Waals surface area (Å²) in [4.78, 5) is 0. The fourth-order valence-electron chi connectivity index (χ4n) is 4.69. The van der Waals surface area contributed by atoms with Gasteiger partial charge in [0.25, 0.3) is 0 Å². The molecule has 1 N–H and O–H groups in total. The molecule has 0 aromatic heterocycles. The van der Waals surface area contributed by atoms with Crippen molar-refractivity contribution >= 4 is 38.1 Å². The van der Waals surface area contributed by atoms with Crippen LogP contribution >= 0.6 is 11.6 Å². The maximum absolute atomic E-state index is 10.4. The van der Waals surface area contributed by atoms with E-state index < -0.39 is 21.7 Å². The zero-order chi connectivity index (χ0) is 29.6. The second kappa shape index (κ2) is 12.5. The van der Waals surface area contributed by atoms with Crippen molar-refractivity contribution in [1.29, 1.82) is 0 Å². The van der Waals surface area contributed by atoms with E-state index in [0.29, 0.717) is 5.03 Å². The third-order valence-corrected chi connectivity index (χ3v) is 13.5. The van der Waals surface area contributed by atoms with E-state index in [0.717, 1.165) is 16.3 Å². The molecule has 204 valence electrons. The van der Waals surface area contributed by atoms with Crippen LogP contribution in [0.3, 0.4) is 0 Å². The van der Waals surface area contributed by atoms with Crippen molar-refractivity contribution in [2.24, 2.45) is 0 Å². The third kappa shape index (κ3) is 7.91. The first-order chi connectivity index (χ1) is 18.6. The predicted molar refractivity (Wildman–Crippen MR) is 178 cm³/mol. The molecule has 0 bridgehead atoms. The SMILES string of the molecule is CC(C)(O)C#C/C(Cl)=C(/C#Cc1ccc(C#C[Si](C)(C)C)cc1)[Si](c1ccccc1)(c1ccccc1)C(C)(C)C. The van der Waals surface area contributed by atoms with E-state index in [1.165, 1.54) is 10.4 Å². The van der Waals surface area contributed by atoms with Crippen LogP contribution in [0.25, 0.3) is 0 Å². The Labute approximate surface area is 248 Å². The maximum Gasteiger partial charge on any atom is 0.166 e. The minimum Gasteiger partial charge on any atom is -0.378 e. The minimum atomic E-state index is -2.86. The summed E-state index contributed by atoms with van der Waals surface area (Å²) >= 11 is 7.13. The van der Waals surface area contributed by atoms with E-state index in [1.54, 1.807) is 13.8 Å². The largest absolute Gasteiger partial charge is 0.378 e. The molecule has 0 aliphatic heterocycles. The van der Waals surface area contributed by atoms with Crippen molar-refractivity contribution in [2.45, 2.75) is 64.9 Å². The van der Waals surface area contributed by atoms with Gasteiger partial charge in [0.05, 0.1) is 5.03 Å². The quantitative estimate of drug-likeness (QED) is 0.259. The van der Waals surface area contributed by atoms with E-state index in [1.807, 2.05) is 36.4 Å². The van der Waals surface area contributed by atoms with Crippen molar-refractivity contribution in [3.63, 3.8) is 0 Å². The van der Waals surface area contributed by atoms with Gasteiger partial charge in [-0.3, -0.25) is 0 Å². The normalized spacial score (nSPS) is 12.6. The first-order valence-electron chi connectivity index (χ1n) is 13.6. The van der Waals surface area contributed by atoms with E-state index in [4.69, 9.17) is 11.6 Å². The summed E-state index contributed by atoms with van der Waals surface area (Å²) in [5.74, 6) is 16.3. The van der Waals surface area contributed by atoms with Crippen molar-refractivity contribution in [2.75, 3.05) is 0 Å². The summed E-state index contributed by atoms with van der Waals surface area (Å²) in [6.45, 7) is 16.8. The fourth-order valence-corrected chi connectivity index (χ4v) is 11.1. The van der Waals surface area contributed by atoms with Crippen LogP contribution in [0.5, 0.6) is 0 Å². The summed E-state index contributed by atoms with van der Waals surface area (Å²) in [5.41, 5.74) is 4.11. The highest BCUT2D eigenvalue weighted by Crippen LogP contribution is 2.42. The van der Waals surface area contributed by atoms with Crippen LogP contribution in [-0.2, 0) is 0 Å². The molecule has 0 radical (unpaired) electrons. The Hall–Kier alpha value is -3.24. The lowest BCUT2D eigenvalue weighted by molar-refractivity contribution is 0.143. The van der Waals surface area contributed by atoms with Crippen LogP contribution < -0.4 is 10.4 Å². The van der Waals surface area contributed by atoms with Crippen molar-refractivity contribution < 1.29 is 5.11 Å². The zero-order valence-corrected chi connectivity index (χ0v) is 27.7. The number of benzene rings is 3. The van der Waals surface area contributed by atoms with Gasteiger partial charge >= 0.3 is 0 Å². The molecule has 0 spiro atoms. The molecule has 0 fully saturated rings.